The fourth-order valence-corrected chi connectivity index (χ4v) is 3.04. The van der Waals surface area contributed by atoms with Crippen LogP contribution in [0.25, 0.3) is 11.0 Å². The van der Waals surface area contributed by atoms with Crippen molar-refractivity contribution in [1.29, 1.82) is 0 Å². The van der Waals surface area contributed by atoms with Crippen LogP contribution in [-0.2, 0) is 7.05 Å². The maximum Gasteiger partial charge on any atom is 0.126 e. The maximum absolute atomic E-state index is 4.88. The Bertz CT molecular complexity index is 577. The third-order valence-corrected chi connectivity index (χ3v) is 3.98. The molecule has 1 aromatic heterocycles. The van der Waals surface area contributed by atoms with Crippen LogP contribution in [0.2, 0.25) is 0 Å². The summed E-state index contributed by atoms with van der Waals surface area (Å²) in [4.78, 5) is 4.88. The highest BCUT2D eigenvalue weighted by molar-refractivity contribution is 5.80. The molecule has 0 saturated carbocycles. The Balaban J connectivity index is 2.13. The van der Waals surface area contributed by atoms with Crippen LogP contribution >= 0.6 is 0 Å². The molecule has 1 atom stereocenters. The highest BCUT2D eigenvalue weighted by Gasteiger charge is 2.21. The van der Waals surface area contributed by atoms with Gasteiger partial charge in [0, 0.05) is 7.05 Å². The summed E-state index contributed by atoms with van der Waals surface area (Å²) in [6.45, 7) is 5.42. The highest BCUT2D eigenvalue weighted by atomic mass is 15.1. The lowest BCUT2D eigenvalue weighted by Crippen LogP contribution is -2.28. The maximum atomic E-state index is 4.88. The molecule has 2 heterocycles. The van der Waals surface area contributed by atoms with Gasteiger partial charge in [0.05, 0.1) is 17.1 Å². The molecule has 1 saturated heterocycles. The van der Waals surface area contributed by atoms with Crippen LogP contribution in [0.1, 0.15) is 42.3 Å². The first kappa shape index (κ1) is 11.7. The van der Waals surface area contributed by atoms with Gasteiger partial charge in [-0.2, -0.15) is 0 Å². The van der Waals surface area contributed by atoms with Crippen molar-refractivity contribution >= 4 is 11.0 Å². The number of imidazole rings is 1. The Morgan fingerprint density at radius 3 is 2.83 bits per heavy atom. The van der Waals surface area contributed by atoms with Crippen molar-refractivity contribution in [2.24, 2.45) is 7.05 Å². The van der Waals surface area contributed by atoms with Gasteiger partial charge >= 0.3 is 0 Å². The molecule has 1 aliphatic rings. The minimum atomic E-state index is 0.427. The second-order valence-electron chi connectivity index (χ2n) is 5.48. The van der Waals surface area contributed by atoms with Crippen LogP contribution in [0.5, 0.6) is 0 Å². The molecule has 18 heavy (non-hydrogen) atoms. The minimum absolute atomic E-state index is 0.427. The summed E-state index contributed by atoms with van der Waals surface area (Å²) in [5.41, 5.74) is 5.01. The van der Waals surface area contributed by atoms with E-state index in [1.165, 1.54) is 41.7 Å². The summed E-state index contributed by atoms with van der Waals surface area (Å²) < 4.78 is 2.26. The summed E-state index contributed by atoms with van der Waals surface area (Å²) in [6, 6.07) is 4.88. The van der Waals surface area contributed by atoms with E-state index < -0.39 is 0 Å². The lowest BCUT2D eigenvalue weighted by Gasteiger charge is -2.22. The number of benzene rings is 1. The number of hydrogen-bond acceptors (Lipinski definition) is 2. The SMILES string of the molecule is Cc1cc(C)c2nc(C3CCCCN3)n(C)c2c1. The van der Waals surface area contributed by atoms with Crippen LogP contribution in [-0.4, -0.2) is 16.1 Å². The van der Waals surface area contributed by atoms with Crippen molar-refractivity contribution in [3.8, 4) is 0 Å². The zero-order valence-corrected chi connectivity index (χ0v) is 11.5. The Hall–Kier alpha value is -1.35. The van der Waals surface area contributed by atoms with Gasteiger partial charge in [-0.1, -0.05) is 12.5 Å². The number of fused-ring (bicyclic) bond motifs is 1. The number of nitrogens with one attached hydrogen (secondary N) is 1. The van der Waals surface area contributed by atoms with Gasteiger partial charge in [-0.3, -0.25) is 0 Å². The molecule has 0 amide bonds. The van der Waals surface area contributed by atoms with E-state index in [1.807, 2.05) is 0 Å². The van der Waals surface area contributed by atoms with E-state index in [9.17, 15) is 0 Å². The van der Waals surface area contributed by atoms with Crippen molar-refractivity contribution in [2.45, 2.75) is 39.2 Å². The summed E-state index contributed by atoms with van der Waals surface area (Å²) in [7, 11) is 2.14. The largest absolute Gasteiger partial charge is 0.330 e. The second kappa shape index (κ2) is 4.39. The second-order valence-corrected chi connectivity index (χ2v) is 5.48. The monoisotopic (exact) mass is 243 g/mol. The first-order valence-electron chi connectivity index (χ1n) is 6.84. The van der Waals surface area contributed by atoms with Crippen molar-refractivity contribution in [3.63, 3.8) is 0 Å². The van der Waals surface area contributed by atoms with Crippen LogP contribution < -0.4 is 5.32 Å². The Kier molecular flexibility index (Phi) is 2.86. The Morgan fingerprint density at radius 2 is 2.11 bits per heavy atom. The van der Waals surface area contributed by atoms with Crippen LogP contribution in [0, 0.1) is 13.8 Å². The lowest BCUT2D eigenvalue weighted by molar-refractivity contribution is 0.392. The molecule has 3 heteroatoms. The van der Waals surface area contributed by atoms with Gasteiger partial charge in [-0.05, 0) is 50.4 Å². The molecule has 0 spiro atoms. The molecule has 2 aromatic rings. The molecule has 1 aliphatic heterocycles. The fourth-order valence-electron chi connectivity index (χ4n) is 3.04. The van der Waals surface area contributed by atoms with Crippen molar-refractivity contribution < 1.29 is 0 Å². The van der Waals surface area contributed by atoms with Gasteiger partial charge in [0.15, 0.2) is 0 Å². The van der Waals surface area contributed by atoms with Crippen LogP contribution in [0.3, 0.4) is 0 Å². The van der Waals surface area contributed by atoms with E-state index in [4.69, 9.17) is 4.98 Å². The van der Waals surface area contributed by atoms with Gasteiger partial charge in [-0.25, -0.2) is 4.98 Å². The molecule has 96 valence electrons. The topological polar surface area (TPSA) is 29.9 Å². The zero-order chi connectivity index (χ0) is 12.7. The van der Waals surface area contributed by atoms with Crippen molar-refractivity contribution in [2.75, 3.05) is 6.54 Å². The lowest BCUT2D eigenvalue weighted by atomic mass is 10.0. The molecular weight excluding hydrogens is 222 g/mol. The molecule has 1 aromatic carbocycles. The molecule has 0 radical (unpaired) electrons. The van der Waals surface area contributed by atoms with E-state index in [2.05, 4.69) is 42.9 Å². The standard InChI is InChI=1S/C15H21N3/c1-10-8-11(2)14-13(9-10)18(3)15(17-14)12-6-4-5-7-16-12/h8-9,12,16H,4-7H2,1-3H3. The molecule has 0 aliphatic carbocycles. The predicted molar refractivity (Wildman–Crippen MR) is 74.8 cm³/mol. The number of aryl methyl sites for hydroxylation is 3. The third kappa shape index (κ3) is 1.83. The number of nitrogens with zero attached hydrogens (tertiary/aromatic N) is 2. The van der Waals surface area contributed by atoms with Crippen molar-refractivity contribution in [3.05, 3.63) is 29.1 Å². The number of hydrogen-bond donors (Lipinski definition) is 1. The molecule has 3 rings (SSSR count). The molecule has 3 nitrogen and oxygen atoms in total. The molecule has 1 unspecified atom stereocenters. The molecule has 1 fully saturated rings. The van der Waals surface area contributed by atoms with E-state index >= 15 is 0 Å². The quantitative estimate of drug-likeness (QED) is 0.834. The molecule has 1 N–H and O–H groups in total. The summed E-state index contributed by atoms with van der Waals surface area (Å²) in [5, 5.41) is 3.59. The average Bonchev–Trinajstić information content (AvgIpc) is 2.69. The van der Waals surface area contributed by atoms with Crippen LogP contribution in [0.4, 0.5) is 0 Å². The number of piperidine rings is 1. The number of rotatable bonds is 1. The van der Waals surface area contributed by atoms with E-state index in [0.29, 0.717) is 6.04 Å². The molecule has 0 bridgehead atoms. The van der Waals surface area contributed by atoms with Gasteiger partial charge in [0.25, 0.3) is 0 Å². The number of aromatic nitrogens is 2. The highest BCUT2D eigenvalue weighted by Crippen LogP contribution is 2.27. The first-order valence-corrected chi connectivity index (χ1v) is 6.84. The first-order chi connectivity index (χ1) is 8.66. The Morgan fingerprint density at radius 1 is 1.28 bits per heavy atom. The van der Waals surface area contributed by atoms with E-state index in [-0.39, 0.29) is 0 Å². The predicted octanol–water partition coefficient (Wildman–Crippen LogP) is 3.00. The molecular formula is C15H21N3. The van der Waals surface area contributed by atoms with E-state index in [1.54, 1.807) is 0 Å². The summed E-state index contributed by atoms with van der Waals surface area (Å²) >= 11 is 0. The van der Waals surface area contributed by atoms with Crippen LogP contribution in [0.15, 0.2) is 12.1 Å². The van der Waals surface area contributed by atoms with Gasteiger partial charge < -0.3 is 9.88 Å². The van der Waals surface area contributed by atoms with Gasteiger partial charge in [-0.15, -0.1) is 0 Å². The van der Waals surface area contributed by atoms with E-state index in [0.717, 1.165) is 12.1 Å². The van der Waals surface area contributed by atoms with Crippen molar-refractivity contribution in [1.82, 2.24) is 14.9 Å². The smallest absolute Gasteiger partial charge is 0.126 e. The Labute approximate surface area is 108 Å². The summed E-state index contributed by atoms with van der Waals surface area (Å²) in [5.74, 6) is 1.19. The zero-order valence-electron chi connectivity index (χ0n) is 11.5. The third-order valence-electron chi connectivity index (χ3n) is 3.98. The van der Waals surface area contributed by atoms with Gasteiger partial charge in [0.2, 0.25) is 0 Å². The summed E-state index contributed by atoms with van der Waals surface area (Å²) in [6.07, 6.45) is 3.80. The fraction of sp³-hybridized carbons (Fsp3) is 0.533. The van der Waals surface area contributed by atoms with Gasteiger partial charge in [0.1, 0.15) is 5.82 Å². The normalized spacial score (nSPS) is 20.5. The average molecular weight is 243 g/mol. The minimum Gasteiger partial charge on any atom is -0.330 e.